The highest BCUT2D eigenvalue weighted by molar-refractivity contribution is 7.83. The number of hydrogen-bond acceptors (Lipinski definition) is 2. The number of imidazole rings is 1. The first-order chi connectivity index (χ1) is 11.6. The zero-order valence-electron chi connectivity index (χ0n) is 12.9. The first-order valence-electron chi connectivity index (χ1n) is 7.44. The Bertz CT molecular complexity index is 849. The predicted octanol–water partition coefficient (Wildman–Crippen LogP) is 3.66. The Balaban J connectivity index is 1.66. The zero-order valence-corrected chi connectivity index (χ0v) is 13.7. The Kier molecular flexibility index (Phi) is 5.15. The van der Waals surface area contributed by atoms with Crippen molar-refractivity contribution >= 4 is 10.8 Å². The third-order valence-corrected chi connectivity index (χ3v) is 4.83. The van der Waals surface area contributed by atoms with Crippen LogP contribution >= 0.6 is 0 Å². The van der Waals surface area contributed by atoms with Crippen molar-refractivity contribution in [3.8, 4) is 0 Å². The SMILES string of the molecule is O=[S@](Cc1ccc(F)c(F)c1)Cc1nccn1Cc1ccccc1. The van der Waals surface area contributed by atoms with Crippen LogP contribution in [-0.4, -0.2) is 13.8 Å². The second kappa shape index (κ2) is 7.49. The van der Waals surface area contributed by atoms with E-state index in [-0.39, 0.29) is 11.5 Å². The molecular weight excluding hydrogens is 330 g/mol. The van der Waals surface area contributed by atoms with E-state index in [2.05, 4.69) is 4.98 Å². The number of hydrogen-bond donors (Lipinski definition) is 0. The zero-order chi connectivity index (χ0) is 16.9. The highest BCUT2D eigenvalue weighted by atomic mass is 32.2. The standard InChI is InChI=1S/C18H16F2N2OS/c19-16-7-6-15(10-17(16)20)12-24(23)13-18-21-8-9-22(18)11-14-4-2-1-3-5-14/h1-10H,11-13H2/t24-/m1/s1. The van der Waals surface area contributed by atoms with Gasteiger partial charge in [0, 0.05) is 35.5 Å². The van der Waals surface area contributed by atoms with Gasteiger partial charge in [0.25, 0.3) is 0 Å². The normalized spacial score (nSPS) is 12.2. The fourth-order valence-electron chi connectivity index (χ4n) is 2.41. The lowest BCUT2D eigenvalue weighted by molar-refractivity contribution is 0.507. The lowest BCUT2D eigenvalue weighted by Crippen LogP contribution is -2.08. The average Bonchev–Trinajstić information content (AvgIpc) is 2.99. The monoisotopic (exact) mass is 346 g/mol. The van der Waals surface area contributed by atoms with Crippen LogP contribution in [0.15, 0.2) is 60.9 Å². The molecule has 2 aromatic carbocycles. The van der Waals surface area contributed by atoms with E-state index in [1.54, 1.807) is 6.20 Å². The fraction of sp³-hybridized carbons (Fsp3) is 0.167. The van der Waals surface area contributed by atoms with Crippen molar-refractivity contribution in [1.82, 2.24) is 9.55 Å². The third-order valence-electron chi connectivity index (χ3n) is 3.60. The number of halogens is 2. The van der Waals surface area contributed by atoms with Gasteiger partial charge in [-0.3, -0.25) is 4.21 Å². The first kappa shape index (κ1) is 16.5. The minimum atomic E-state index is -1.26. The second-order valence-corrected chi connectivity index (χ2v) is 6.89. The second-order valence-electron chi connectivity index (χ2n) is 5.43. The van der Waals surface area contributed by atoms with Gasteiger partial charge in [0.05, 0.1) is 5.75 Å². The fourth-order valence-corrected chi connectivity index (χ4v) is 3.60. The molecule has 0 N–H and O–H groups in total. The van der Waals surface area contributed by atoms with Crippen LogP contribution in [0.5, 0.6) is 0 Å². The molecule has 3 rings (SSSR count). The third kappa shape index (κ3) is 4.14. The van der Waals surface area contributed by atoms with E-state index in [9.17, 15) is 13.0 Å². The van der Waals surface area contributed by atoms with Crippen molar-refractivity contribution in [2.45, 2.75) is 18.1 Å². The number of nitrogens with zero attached hydrogens (tertiary/aromatic N) is 2. The minimum Gasteiger partial charge on any atom is -0.330 e. The maximum absolute atomic E-state index is 13.2. The van der Waals surface area contributed by atoms with Crippen LogP contribution < -0.4 is 0 Å². The lowest BCUT2D eigenvalue weighted by atomic mass is 10.2. The van der Waals surface area contributed by atoms with Crippen LogP contribution in [0.3, 0.4) is 0 Å². The Morgan fingerprint density at radius 3 is 2.50 bits per heavy atom. The van der Waals surface area contributed by atoms with E-state index in [4.69, 9.17) is 0 Å². The van der Waals surface area contributed by atoms with Crippen LogP contribution in [-0.2, 0) is 28.9 Å². The molecule has 0 saturated heterocycles. The summed E-state index contributed by atoms with van der Waals surface area (Å²) in [5.74, 6) is -0.688. The van der Waals surface area contributed by atoms with Gasteiger partial charge in [-0.2, -0.15) is 0 Å². The predicted molar refractivity (Wildman–Crippen MR) is 89.7 cm³/mol. The van der Waals surface area contributed by atoms with Crippen molar-refractivity contribution in [3.63, 3.8) is 0 Å². The van der Waals surface area contributed by atoms with Crippen molar-refractivity contribution in [3.05, 3.63) is 89.5 Å². The quantitative estimate of drug-likeness (QED) is 0.683. The molecule has 6 heteroatoms. The number of rotatable bonds is 6. The number of benzene rings is 2. The van der Waals surface area contributed by atoms with Crippen LogP contribution in [0.2, 0.25) is 0 Å². The van der Waals surface area contributed by atoms with E-state index in [0.717, 1.165) is 17.7 Å². The van der Waals surface area contributed by atoms with E-state index in [1.165, 1.54) is 6.07 Å². The minimum absolute atomic E-state index is 0.162. The molecule has 0 fully saturated rings. The van der Waals surface area contributed by atoms with Gasteiger partial charge in [-0.05, 0) is 23.3 Å². The molecule has 124 valence electrons. The van der Waals surface area contributed by atoms with Gasteiger partial charge < -0.3 is 4.57 Å². The molecule has 0 aliphatic rings. The maximum atomic E-state index is 13.2. The topological polar surface area (TPSA) is 34.9 Å². The van der Waals surface area contributed by atoms with Gasteiger partial charge in [0.2, 0.25) is 0 Å². The molecule has 1 atom stereocenters. The Morgan fingerprint density at radius 2 is 1.75 bits per heavy atom. The van der Waals surface area contributed by atoms with Crippen molar-refractivity contribution in [2.75, 3.05) is 0 Å². The maximum Gasteiger partial charge on any atom is 0.159 e. The van der Waals surface area contributed by atoms with Crippen LogP contribution in [0.1, 0.15) is 17.0 Å². The summed E-state index contributed by atoms with van der Waals surface area (Å²) in [5.41, 5.74) is 1.64. The summed E-state index contributed by atoms with van der Waals surface area (Å²) in [5, 5.41) is 0. The molecule has 0 aliphatic heterocycles. The summed E-state index contributed by atoms with van der Waals surface area (Å²) >= 11 is 0. The van der Waals surface area contributed by atoms with Crippen LogP contribution in [0, 0.1) is 11.6 Å². The molecule has 1 aromatic heterocycles. The first-order valence-corrected chi connectivity index (χ1v) is 8.93. The van der Waals surface area contributed by atoms with Gasteiger partial charge in [0.15, 0.2) is 11.6 Å². The molecule has 0 aliphatic carbocycles. The molecule has 3 nitrogen and oxygen atoms in total. The average molecular weight is 346 g/mol. The molecule has 0 radical (unpaired) electrons. The molecule has 0 amide bonds. The summed E-state index contributed by atoms with van der Waals surface area (Å²) in [7, 11) is -1.26. The highest BCUT2D eigenvalue weighted by Gasteiger charge is 2.11. The molecule has 24 heavy (non-hydrogen) atoms. The van der Waals surface area contributed by atoms with Crippen molar-refractivity contribution in [2.24, 2.45) is 0 Å². The van der Waals surface area contributed by atoms with E-state index in [1.807, 2.05) is 41.1 Å². The summed E-state index contributed by atoms with van der Waals surface area (Å²) in [4.78, 5) is 4.26. The molecule has 3 aromatic rings. The van der Waals surface area contributed by atoms with E-state index >= 15 is 0 Å². The van der Waals surface area contributed by atoms with Crippen molar-refractivity contribution < 1.29 is 13.0 Å². The largest absolute Gasteiger partial charge is 0.330 e. The molecule has 1 heterocycles. The van der Waals surface area contributed by atoms with E-state index in [0.29, 0.717) is 17.9 Å². The Morgan fingerprint density at radius 1 is 0.958 bits per heavy atom. The molecule has 0 spiro atoms. The summed E-state index contributed by atoms with van der Waals surface area (Å²) in [6.45, 7) is 0.651. The summed E-state index contributed by atoms with van der Waals surface area (Å²) in [6.07, 6.45) is 3.52. The Labute approximate surface area is 141 Å². The Hall–Kier alpha value is -2.34. The number of aromatic nitrogens is 2. The van der Waals surface area contributed by atoms with Crippen LogP contribution in [0.25, 0.3) is 0 Å². The molecule has 0 bridgehead atoms. The lowest BCUT2D eigenvalue weighted by Gasteiger charge is -2.08. The van der Waals surface area contributed by atoms with Crippen molar-refractivity contribution in [1.29, 1.82) is 0 Å². The molecule has 0 saturated carbocycles. The highest BCUT2D eigenvalue weighted by Crippen LogP contribution is 2.13. The summed E-state index contributed by atoms with van der Waals surface area (Å²) < 4.78 is 40.4. The van der Waals surface area contributed by atoms with Gasteiger partial charge in [-0.25, -0.2) is 13.8 Å². The molecular formula is C18H16F2N2OS. The van der Waals surface area contributed by atoms with E-state index < -0.39 is 22.4 Å². The van der Waals surface area contributed by atoms with Crippen LogP contribution in [0.4, 0.5) is 8.78 Å². The van der Waals surface area contributed by atoms with Gasteiger partial charge >= 0.3 is 0 Å². The smallest absolute Gasteiger partial charge is 0.159 e. The van der Waals surface area contributed by atoms with Gasteiger partial charge in [-0.1, -0.05) is 36.4 Å². The van der Waals surface area contributed by atoms with Gasteiger partial charge in [-0.15, -0.1) is 0 Å². The van der Waals surface area contributed by atoms with Gasteiger partial charge in [0.1, 0.15) is 5.82 Å². The summed E-state index contributed by atoms with van der Waals surface area (Å²) in [6, 6.07) is 13.5. The molecule has 0 unspecified atom stereocenters.